The van der Waals surface area contributed by atoms with Crippen molar-refractivity contribution in [1.29, 1.82) is 0 Å². The summed E-state index contributed by atoms with van der Waals surface area (Å²) in [5.74, 6) is -0.131. The van der Waals surface area contributed by atoms with Gasteiger partial charge in [-0.25, -0.2) is 0 Å². The van der Waals surface area contributed by atoms with Gasteiger partial charge < -0.3 is 16.3 Å². The molecule has 0 saturated heterocycles. The fraction of sp³-hybridized carbons (Fsp3) is 0.0769. The molecule has 0 spiro atoms. The molecule has 0 aliphatic carbocycles. The lowest BCUT2D eigenvalue weighted by Gasteiger charge is -2.06. The number of nitrogens with zero attached hydrogens (tertiary/aromatic N) is 3. The molecule has 1 heterocycles. The van der Waals surface area contributed by atoms with Gasteiger partial charge in [-0.15, -0.1) is 0 Å². The van der Waals surface area contributed by atoms with E-state index in [0.29, 0.717) is 17.7 Å². The van der Waals surface area contributed by atoms with Crippen LogP contribution in [0, 0.1) is 0 Å². The maximum Gasteiger partial charge on any atom is 0.257 e. The molecule has 1 aromatic carbocycles. The van der Waals surface area contributed by atoms with Gasteiger partial charge in [0.2, 0.25) is 0 Å². The van der Waals surface area contributed by atoms with Crippen LogP contribution in [0.15, 0.2) is 47.9 Å². The number of rotatable bonds is 4. The summed E-state index contributed by atoms with van der Waals surface area (Å²) >= 11 is 0. The first kappa shape index (κ1) is 13.5. The van der Waals surface area contributed by atoms with Crippen LogP contribution in [0.1, 0.15) is 15.9 Å². The summed E-state index contributed by atoms with van der Waals surface area (Å²) < 4.78 is 0. The number of carbonyl (C=O) groups is 1. The van der Waals surface area contributed by atoms with Gasteiger partial charge in [0.15, 0.2) is 0 Å². The molecule has 0 unspecified atom stereocenters. The minimum atomic E-state index is -0.260. The normalized spacial score (nSPS) is 11.1. The molecule has 1 amide bonds. The van der Waals surface area contributed by atoms with Crippen LogP contribution in [0.5, 0.6) is 0 Å². The molecule has 102 valence electrons. The van der Waals surface area contributed by atoms with Crippen molar-refractivity contribution >= 4 is 17.4 Å². The summed E-state index contributed by atoms with van der Waals surface area (Å²) in [4.78, 5) is 11.9. The molecule has 2 rings (SSSR count). The largest absolute Gasteiger partial charge is 0.409 e. The Morgan fingerprint density at radius 2 is 2.00 bits per heavy atom. The Kier molecular flexibility index (Phi) is 4.23. The van der Waals surface area contributed by atoms with Crippen LogP contribution in [0.3, 0.4) is 0 Å². The maximum atomic E-state index is 11.9. The average molecular weight is 271 g/mol. The minimum absolute atomic E-state index is 0.129. The number of carbonyl (C=O) groups excluding carboxylic acids is 1. The number of nitrogens with two attached hydrogens (primary N) is 1. The van der Waals surface area contributed by atoms with Crippen LogP contribution < -0.4 is 11.1 Å². The summed E-state index contributed by atoms with van der Waals surface area (Å²) in [7, 11) is 0. The van der Waals surface area contributed by atoms with E-state index in [1.165, 1.54) is 12.4 Å². The number of amidine groups is 1. The van der Waals surface area contributed by atoms with Crippen molar-refractivity contribution in [2.45, 2.75) is 6.42 Å². The van der Waals surface area contributed by atoms with Crippen LogP contribution in [0.25, 0.3) is 0 Å². The third-order valence-electron chi connectivity index (χ3n) is 2.57. The number of nitrogens with one attached hydrogen (secondary N) is 1. The summed E-state index contributed by atoms with van der Waals surface area (Å²) in [6.45, 7) is 0. The standard InChI is InChI=1S/C13H13N5O2/c14-12(18-20)7-9-1-3-11(4-2-9)17-13(19)10-5-6-15-16-8-10/h1-6,8,20H,7H2,(H2,14,18)(H,17,19). The van der Waals surface area contributed by atoms with E-state index in [9.17, 15) is 4.79 Å². The van der Waals surface area contributed by atoms with Gasteiger partial charge in [0.05, 0.1) is 18.0 Å². The van der Waals surface area contributed by atoms with Gasteiger partial charge >= 0.3 is 0 Å². The molecule has 7 nitrogen and oxygen atoms in total. The van der Waals surface area contributed by atoms with Gasteiger partial charge in [-0.2, -0.15) is 10.2 Å². The summed E-state index contributed by atoms with van der Waals surface area (Å²) in [6, 6.07) is 8.64. The molecule has 1 aromatic heterocycles. The van der Waals surface area contributed by atoms with Gasteiger partial charge in [0.1, 0.15) is 5.84 Å². The molecule has 2 aromatic rings. The molecule has 7 heteroatoms. The van der Waals surface area contributed by atoms with Crippen molar-refractivity contribution in [3.05, 3.63) is 53.9 Å². The minimum Gasteiger partial charge on any atom is -0.409 e. The third-order valence-corrected chi connectivity index (χ3v) is 2.57. The number of benzene rings is 1. The molecule has 0 aliphatic rings. The van der Waals surface area contributed by atoms with Crippen molar-refractivity contribution < 1.29 is 10.0 Å². The number of anilines is 1. The van der Waals surface area contributed by atoms with E-state index in [0.717, 1.165) is 5.56 Å². The fourth-order valence-corrected chi connectivity index (χ4v) is 1.58. The average Bonchev–Trinajstić information content (AvgIpc) is 2.50. The highest BCUT2D eigenvalue weighted by Gasteiger charge is 2.06. The second-order valence-corrected chi connectivity index (χ2v) is 4.05. The van der Waals surface area contributed by atoms with Crippen molar-refractivity contribution in [2.75, 3.05) is 5.32 Å². The van der Waals surface area contributed by atoms with Crippen molar-refractivity contribution in [2.24, 2.45) is 10.9 Å². The zero-order valence-corrected chi connectivity index (χ0v) is 10.5. The summed E-state index contributed by atoms with van der Waals surface area (Å²) in [6.07, 6.45) is 3.19. The topological polar surface area (TPSA) is 113 Å². The molecule has 0 atom stereocenters. The zero-order chi connectivity index (χ0) is 14.4. The lowest BCUT2D eigenvalue weighted by Crippen LogP contribution is -2.15. The molecule has 0 aliphatic heterocycles. The smallest absolute Gasteiger partial charge is 0.257 e. The van der Waals surface area contributed by atoms with Crippen LogP contribution in [0.4, 0.5) is 5.69 Å². The number of amides is 1. The molecule has 0 fully saturated rings. The molecule has 4 N–H and O–H groups in total. The lowest BCUT2D eigenvalue weighted by atomic mass is 10.1. The van der Waals surface area contributed by atoms with Crippen molar-refractivity contribution in [1.82, 2.24) is 10.2 Å². The van der Waals surface area contributed by atoms with Crippen LogP contribution in [0.2, 0.25) is 0 Å². The highest BCUT2D eigenvalue weighted by atomic mass is 16.4. The SMILES string of the molecule is N/C(Cc1ccc(NC(=O)c2ccnnc2)cc1)=N/O. The van der Waals surface area contributed by atoms with Crippen molar-refractivity contribution in [3.8, 4) is 0 Å². The molecule has 0 radical (unpaired) electrons. The molecule has 20 heavy (non-hydrogen) atoms. The number of hydrogen-bond donors (Lipinski definition) is 3. The first-order valence-electron chi connectivity index (χ1n) is 5.82. The fourth-order valence-electron chi connectivity index (χ4n) is 1.58. The second kappa shape index (κ2) is 6.28. The zero-order valence-electron chi connectivity index (χ0n) is 10.5. The number of oxime groups is 1. The van der Waals surface area contributed by atoms with E-state index in [2.05, 4.69) is 20.7 Å². The Bertz CT molecular complexity index is 610. The van der Waals surface area contributed by atoms with E-state index in [1.807, 2.05) is 0 Å². The second-order valence-electron chi connectivity index (χ2n) is 4.05. The Labute approximate surface area is 115 Å². The van der Waals surface area contributed by atoms with Crippen LogP contribution in [-0.4, -0.2) is 27.1 Å². The molecule has 0 saturated carbocycles. The van der Waals surface area contributed by atoms with Gasteiger partial charge in [-0.3, -0.25) is 4.79 Å². The van der Waals surface area contributed by atoms with E-state index < -0.39 is 0 Å². The Balaban J connectivity index is 2.02. The Morgan fingerprint density at radius 1 is 1.25 bits per heavy atom. The molecular weight excluding hydrogens is 258 g/mol. The van der Waals surface area contributed by atoms with Gasteiger partial charge in [0.25, 0.3) is 5.91 Å². The predicted molar refractivity (Wildman–Crippen MR) is 73.5 cm³/mol. The Hall–Kier alpha value is -2.96. The Morgan fingerprint density at radius 3 is 2.60 bits per heavy atom. The van der Waals surface area contributed by atoms with E-state index in [4.69, 9.17) is 10.9 Å². The summed E-state index contributed by atoms with van der Waals surface area (Å²) in [5, 5.41) is 21.4. The van der Waals surface area contributed by atoms with Crippen molar-refractivity contribution in [3.63, 3.8) is 0 Å². The summed E-state index contributed by atoms with van der Waals surface area (Å²) in [5.41, 5.74) is 7.38. The van der Waals surface area contributed by atoms with Gasteiger partial charge in [-0.05, 0) is 23.8 Å². The lowest BCUT2D eigenvalue weighted by molar-refractivity contribution is 0.102. The quantitative estimate of drug-likeness (QED) is 0.332. The highest BCUT2D eigenvalue weighted by Crippen LogP contribution is 2.11. The van der Waals surface area contributed by atoms with E-state index in [-0.39, 0.29) is 11.7 Å². The van der Waals surface area contributed by atoms with Gasteiger partial charge in [0, 0.05) is 12.1 Å². The van der Waals surface area contributed by atoms with E-state index >= 15 is 0 Å². The van der Waals surface area contributed by atoms with Gasteiger partial charge in [-0.1, -0.05) is 17.3 Å². The monoisotopic (exact) mass is 271 g/mol. The number of hydrogen-bond acceptors (Lipinski definition) is 5. The highest BCUT2D eigenvalue weighted by molar-refractivity contribution is 6.03. The number of aromatic nitrogens is 2. The van der Waals surface area contributed by atoms with Crippen LogP contribution >= 0.6 is 0 Å². The maximum absolute atomic E-state index is 11.9. The first-order valence-corrected chi connectivity index (χ1v) is 5.82. The van der Waals surface area contributed by atoms with E-state index in [1.54, 1.807) is 30.3 Å². The molecule has 0 bridgehead atoms. The molecular formula is C13H13N5O2. The third kappa shape index (κ3) is 3.52. The first-order chi connectivity index (χ1) is 9.69. The van der Waals surface area contributed by atoms with Crippen LogP contribution in [-0.2, 0) is 6.42 Å². The predicted octanol–water partition coefficient (Wildman–Crippen LogP) is 1.02.